The maximum atomic E-state index is 8.78. The highest BCUT2D eigenvalue weighted by Gasteiger charge is 2.00. The first-order chi connectivity index (χ1) is 6.22. The smallest absolute Gasteiger partial charge is 0.107 e. The molecule has 2 N–H and O–H groups in total. The van der Waals surface area contributed by atoms with Crippen molar-refractivity contribution in [2.75, 3.05) is 13.2 Å². The van der Waals surface area contributed by atoms with Gasteiger partial charge in [0.05, 0.1) is 0 Å². The summed E-state index contributed by atoms with van der Waals surface area (Å²) < 4.78 is 0. The predicted octanol–water partition coefficient (Wildman–Crippen LogP) is 1.17. The number of nitrogens with zero attached hydrogens (tertiary/aromatic N) is 1. The number of rotatable bonds is 5. The van der Waals surface area contributed by atoms with Gasteiger partial charge in [0.15, 0.2) is 0 Å². The Morgan fingerprint density at radius 1 is 1.69 bits per heavy atom. The lowest BCUT2D eigenvalue weighted by Gasteiger charge is -2.07. The van der Waals surface area contributed by atoms with Crippen molar-refractivity contribution in [3.63, 3.8) is 0 Å². The van der Waals surface area contributed by atoms with Crippen LogP contribution in [-0.4, -0.2) is 23.2 Å². The Labute approximate surface area is 82.8 Å². The van der Waals surface area contributed by atoms with Gasteiger partial charge in [-0.25, -0.2) is 4.98 Å². The SMILES string of the molecule is Cc1csc(CNCC(C)CO)n1. The number of aromatic nitrogens is 1. The predicted molar refractivity (Wildman–Crippen MR) is 54.8 cm³/mol. The van der Waals surface area contributed by atoms with Crippen molar-refractivity contribution in [1.82, 2.24) is 10.3 Å². The van der Waals surface area contributed by atoms with E-state index in [4.69, 9.17) is 5.11 Å². The Morgan fingerprint density at radius 3 is 3.00 bits per heavy atom. The van der Waals surface area contributed by atoms with Crippen molar-refractivity contribution in [2.45, 2.75) is 20.4 Å². The van der Waals surface area contributed by atoms with E-state index in [0.717, 1.165) is 23.8 Å². The zero-order valence-corrected chi connectivity index (χ0v) is 8.90. The molecule has 0 bridgehead atoms. The Morgan fingerprint density at radius 2 is 2.46 bits per heavy atom. The van der Waals surface area contributed by atoms with Gasteiger partial charge in [0.1, 0.15) is 5.01 Å². The lowest BCUT2D eigenvalue weighted by atomic mass is 10.2. The van der Waals surface area contributed by atoms with E-state index in [1.54, 1.807) is 11.3 Å². The largest absolute Gasteiger partial charge is 0.396 e. The van der Waals surface area contributed by atoms with Crippen molar-refractivity contribution < 1.29 is 5.11 Å². The zero-order chi connectivity index (χ0) is 9.68. The minimum atomic E-state index is 0.240. The normalized spacial score (nSPS) is 13.2. The van der Waals surface area contributed by atoms with E-state index < -0.39 is 0 Å². The number of aliphatic hydroxyl groups excluding tert-OH is 1. The topological polar surface area (TPSA) is 45.1 Å². The molecular formula is C9H16N2OS. The van der Waals surface area contributed by atoms with Gasteiger partial charge in [-0.3, -0.25) is 0 Å². The molecule has 1 atom stereocenters. The molecule has 0 saturated carbocycles. The molecule has 1 unspecified atom stereocenters. The summed E-state index contributed by atoms with van der Waals surface area (Å²) in [4.78, 5) is 4.33. The molecule has 1 aromatic rings. The van der Waals surface area contributed by atoms with Gasteiger partial charge in [-0.1, -0.05) is 6.92 Å². The van der Waals surface area contributed by atoms with Crippen LogP contribution >= 0.6 is 11.3 Å². The van der Waals surface area contributed by atoms with Crippen LogP contribution in [0.2, 0.25) is 0 Å². The molecule has 1 heterocycles. The van der Waals surface area contributed by atoms with Crippen molar-refractivity contribution in [2.24, 2.45) is 5.92 Å². The maximum Gasteiger partial charge on any atom is 0.107 e. The van der Waals surface area contributed by atoms with E-state index in [1.807, 2.05) is 19.2 Å². The van der Waals surface area contributed by atoms with Crippen LogP contribution in [0, 0.1) is 12.8 Å². The lowest BCUT2D eigenvalue weighted by molar-refractivity contribution is 0.233. The van der Waals surface area contributed by atoms with Crippen molar-refractivity contribution in [1.29, 1.82) is 0 Å². The summed E-state index contributed by atoms with van der Waals surface area (Å²) in [6.07, 6.45) is 0. The third-order valence-corrected chi connectivity index (χ3v) is 2.71. The van der Waals surface area contributed by atoms with Gasteiger partial charge in [0.25, 0.3) is 0 Å². The summed E-state index contributed by atoms with van der Waals surface area (Å²) in [7, 11) is 0. The summed E-state index contributed by atoms with van der Waals surface area (Å²) in [5.41, 5.74) is 1.08. The van der Waals surface area contributed by atoms with Crippen LogP contribution in [0.25, 0.3) is 0 Å². The number of hydrogen-bond acceptors (Lipinski definition) is 4. The van der Waals surface area contributed by atoms with E-state index in [2.05, 4.69) is 10.3 Å². The van der Waals surface area contributed by atoms with E-state index in [1.165, 1.54) is 0 Å². The van der Waals surface area contributed by atoms with Crippen molar-refractivity contribution >= 4 is 11.3 Å². The molecule has 1 aromatic heterocycles. The first kappa shape index (κ1) is 10.6. The molecule has 1 rings (SSSR count). The maximum absolute atomic E-state index is 8.78. The number of aryl methyl sites for hydroxylation is 1. The highest BCUT2D eigenvalue weighted by atomic mass is 32.1. The number of nitrogens with one attached hydrogen (secondary N) is 1. The molecule has 0 radical (unpaired) electrons. The molecule has 0 fully saturated rings. The second kappa shape index (κ2) is 5.32. The molecule has 0 aromatic carbocycles. The fourth-order valence-electron chi connectivity index (χ4n) is 0.974. The fraction of sp³-hybridized carbons (Fsp3) is 0.667. The zero-order valence-electron chi connectivity index (χ0n) is 8.08. The highest BCUT2D eigenvalue weighted by Crippen LogP contribution is 2.07. The molecule has 0 spiro atoms. The molecule has 3 nitrogen and oxygen atoms in total. The van der Waals surface area contributed by atoms with Crippen LogP contribution in [0.5, 0.6) is 0 Å². The molecule has 0 saturated heterocycles. The summed E-state index contributed by atoms with van der Waals surface area (Å²) in [6, 6.07) is 0. The lowest BCUT2D eigenvalue weighted by Crippen LogP contribution is -2.22. The van der Waals surface area contributed by atoms with Crippen molar-refractivity contribution in [3.8, 4) is 0 Å². The Kier molecular flexibility index (Phi) is 4.35. The van der Waals surface area contributed by atoms with E-state index >= 15 is 0 Å². The third-order valence-electron chi connectivity index (χ3n) is 1.75. The van der Waals surface area contributed by atoms with Crippen LogP contribution in [0.15, 0.2) is 5.38 Å². The van der Waals surface area contributed by atoms with Crippen LogP contribution < -0.4 is 5.32 Å². The molecule has 0 aliphatic heterocycles. The molecule has 13 heavy (non-hydrogen) atoms. The second-order valence-electron chi connectivity index (χ2n) is 3.30. The highest BCUT2D eigenvalue weighted by molar-refractivity contribution is 7.09. The third kappa shape index (κ3) is 3.85. The van der Waals surface area contributed by atoms with Gasteiger partial charge in [-0.15, -0.1) is 11.3 Å². The van der Waals surface area contributed by atoms with E-state index in [0.29, 0.717) is 5.92 Å². The standard InChI is InChI=1S/C9H16N2OS/c1-7(5-12)3-10-4-9-11-8(2)6-13-9/h6-7,10,12H,3-5H2,1-2H3. The first-order valence-corrected chi connectivity index (χ1v) is 5.33. The summed E-state index contributed by atoms with van der Waals surface area (Å²) >= 11 is 1.67. The summed E-state index contributed by atoms with van der Waals surface area (Å²) in [5.74, 6) is 0.320. The van der Waals surface area contributed by atoms with E-state index in [-0.39, 0.29) is 6.61 Å². The van der Waals surface area contributed by atoms with Gasteiger partial charge in [0.2, 0.25) is 0 Å². The first-order valence-electron chi connectivity index (χ1n) is 4.45. The van der Waals surface area contributed by atoms with Crippen molar-refractivity contribution in [3.05, 3.63) is 16.1 Å². The number of aliphatic hydroxyl groups is 1. The van der Waals surface area contributed by atoms with Gasteiger partial charge in [-0.2, -0.15) is 0 Å². The van der Waals surface area contributed by atoms with Crippen LogP contribution in [0.1, 0.15) is 17.6 Å². The molecule has 4 heteroatoms. The molecule has 0 aliphatic rings. The Hall–Kier alpha value is -0.450. The van der Waals surface area contributed by atoms with Crippen LogP contribution in [0.3, 0.4) is 0 Å². The number of hydrogen-bond donors (Lipinski definition) is 2. The van der Waals surface area contributed by atoms with Gasteiger partial charge >= 0.3 is 0 Å². The fourth-order valence-corrected chi connectivity index (χ4v) is 1.72. The van der Waals surface area contributed by atoms with Crippen LogP contribution in [0.4, 0.5) is 0 Å². The van der Waals surface area contributed by atoms with Gasteiger partial charge in [0, 0.05) is 30.8 Å². The summed E-state index contributed by atoms with van der Waals surface area (Å²) in [6.45, 7) is 5.90. The Bertz CT molecular complexity index is 250. The molecular weight excluding hydrogens is 184 g/mol. The minimum Gasteiger partial charge on any atom is -0.396 e. The second-order valence-corrected chi connectivity index (χ2v) is 4.24. The monoisotopic (exact) mass is 200 g/mol. The van der Waals surface area contributed by atoms with Crippen LogP contribution in [-0.2, 0) is 6.54 Å². The number of thiazole rings is 1. The molecule has 74 valence electrons. The van der Waals surface area contributed by atoms with Gasteiger partial charge in [-0.05, 0) is 12.8 Å². The Balaban J connectivity index is 2.20. The molecule has 0 aliphatic carbocycles. The van der Waals surface area contributed by atoms with Gasteiger partial charge < -0.3 is 10.4 Å². The average Bonchev–Trinajstić information content (AvgIpc) is 2.51. The minimum absolute atomic E-state index is 0.240. The average molecular weight is 200 g/mol. The summed E-state index contributed by atoms with van der Waals surface area (Å²) in [5, 5.41) is 15.2. The van der Waals surface area contributed by atoms with E-state index in [9.17, 15) is 0 Å². The molecule has 0 amide bonds. The quantitative estimate of drug-likeness (QED) is 0.750.